The third kappa shape index (κ3) is 7.10. The quantitative estimate of drug-likeness (QED) is 0.569. The molecule has 0 aliphatic rings. The number of amides is 2. The largest absolute Gasteiger partial charge is 0.497 e. The minimum Gasteiger partial charge on any atom is -0.497 e. The minimum absolute atomic E-state index is 0.0654. The van der Waals surface area contributed by atoms with Crippen LogP contribution in [0.15, 0.2) is 53.4 Å². The van der Waals surface area contributed by atoms with Crippen LogP contribution in [0, 0.1) is 6.92 Å². The van der Waals surface area contributed by atoms with Crippen LogP contribution in [-0.4, -0.2) is 41.7 Å². The number of aryl methyl sites for hydroxylation is 1. The summed E-state index contributed by atoms with van der Waals surface area (Å²) in [6, 6.07) is 15.2. The summed E-state index contributed by atoms with van der Waals surface area (Å²) in [7, 11) is 1.61. The van der Waals surface area contributed by atoms with Gasteiger partial charge in [0.05, 0.1) is 12.9 Å². The average Bonchev–Trinajstić information content (AvgIpc) is 2.76. The molecule has 0 fully saturated rings. The predicted octanol–water partition coefficient (Wildman–Crippen LogP) is 4.43. The van der Waals surface area contributed by atoms with Crippen molar-refractivity contribution in [2.45, 2.75) is 57.6 Å². The second-order valence-electron chi connectivity index (χ2n) is 7.47. The smallest absolute Gasteiger partial charge is 0.242 e. The summed E-state index contributed by atoms with van der Waals surface area (Å²) in [5.41, 5.74) is 2.10. The van der Waals surface area contributed by atoms with Gasteiger partial charge < -0.3 is 15.0 Å². The van der Waals surface area contributed by atoms with E-state index < -0.39 is 6.04 Å². The summed E-state index contributed by atoms with van der Waals surface area (Å²) >= 11 is 1.48. The number of hydrogen-bond donors (Lipinski definition) is 1. The Morgan fingerprint density at radius 1 is 1.13 bits per heavy atom. The summed E-state index contributed by atoms with van der Waals surface area (Å²) in [5.74, 6) is 0.787. The minimum atomic E-state index is -0.573. The number of nitrogens with zero attached hydrogens (tertiary/aromatic N) is 1. The van der Waals surface area contributed by atoms with E-state index in [4.69, 9.17) is 4.74 Å². The molecule has 0 aliphatic carbocycles. The fourth-order valence-corrected chi connectivity index (χ4v) is 3.66. The number of carbonyl (C=O) groups is 2. The molecule has 0 saturated carbocycles. The maximum Gasteiger partial charge on any atom is 0.242 e. The van der Waals surface area contributed by atoms with Crippen LogP contribution in [0.3, 0.4) is 0 Å². The van der Waals surface area contributed by atoms with Crippen LogP contribution in [0.2, 0.25) is 0 Å². The van der Waals surface area contributed by atoms with Crippen LogP contribution in [0.1, 0.15) is 38.3 Å². The molecular weight excluding hydrogens is 396 g/mol. The van der Waals surface area contributed by atoms with Crippen molar-refractivity contribution in [3.63, 3.8) is 0 Å². The van der Waals surface area contributed by atoms with Gasteiger partial charge in [0.1, 0.15) is 11.8 Å². The van der Waals surface area contributed by atoms with Gasteiger partial charge in [-0.25, -0.2) is 0 Å². The van der Waals surface area contributed by atoms with E-state index in [0.29, 0.717) is 6.54 Å². The molecule has 0 spiro atoms. The Morgan fingerprint density at radius 3 is 2.47 bits per heavy atom. The van der Waals surface area contributed by atoms with E-state index in [1.807, 2.05) is 69.3 Å². The van der Waals surface area contributed by atoms with Gasteiger partial charge in [0.2, 0.25) is 11.8 Å². The number of benzene rings is 2. The fraction of sp³-hybridized carbons (Fsp3) is 0.417. The van der Waals surface area contributed by atoms with Crippen molar-refractivity contribution in [3.05, 3.63) is 59.7 Å². The summed E-state index contributed by atoms with van der Waals surface area (Å²) < 4.78 is 5.30. The number of rotatable bonds is 10. The Balaban J connectivity index is 2.16. The first kappa shape index (κ1) is 23.8. The van der Waals surface area contributed by atoms with Gasteiger partial charge in [0.15, 0.2) is 0 Å². The molecule has 0 bridgehead atoms. The zero-order chi connectivity index (χ0) is 22.1. The van der Waals surface area contributed by atoms with Crippen LogP contribution in [0.5, 0.6) is 5.75 Å². The van der Waals surface area contributed by atoms with Gasteiger partial charge in [-0.2, -0.15) is 0 Å². The average molecular weight is 429 g/mol. The van der Waals surface area contributed by atoms with Crippen molar-refractivity contribution in [3.8, 4) is 5.75 Å². The van der Waals surface area contributed by atoms with Crippen molar-refractivity contribution >= 4 is 23.6 Å². The first-order valence-corrected chi connectivity index (χ1v) is 11.2. The topological polar surface area (TPSA) is 58.6 Å². The Bertz CT molecular complexity index is 839. The molecule has 1 N–H and O–H groups in total. The SMILES string of the molecule is CC[C@H](C)NC(=O)[C@H](C)N(Cc1cccc(OC)c1)C(=O)CSc1ccc(C)cc1. The Kier molecular flexibility index (Phi) is 9.24. The molecule has 0 heterocycles. The lowest BCUT2D eigenvalue weighted by Gasteiger charge is -2.29. The maximum atomic E-state index is 13.1. The van der Waals surface area contributed by atoms with Crippen molar-refractivity contribution in [1.29, 1.82) is 0 Å². The van der Waals surface area contributed by atoms with Gasteiger partial charge >= 0.3 is 0 Å². The van der Waals surface area contributed by atoms with Crippen LogP contribution in [-0.2, 0) is 16.1 Å². The standard InChI is InChI=1S/C24H32N2O3S/c1-6-18(3)25-24(28)19(4)26(15-20-8-7-9-21(14-20)29-5)23(27)16-30-22-12-10-17(2)11-13-22/h7-14,18-19H,6,15-16H2,1-5H3,(H,25,28)/t18-,19-/m0/s1. The predicted molar refractivity (Wildman–Crippen MR) is 123 cm³/mol. The third-order valence-corrected chi connectivity index (χ3v) is 6.04. The fourth-order valence-electron chi connectivity index (χ4n) is 2.88. The van der Waals surface area contributed by atoms with Gasteiger partial charge in [-0.15, -0.1) is 11.8 Å². The van der Waals surface area contributed by atoms with E-state index in [2.05, 4.69) is 5.32 Å². The van der Waals surface area contributed by atoms with E-state index >= 15 is 0 Å². The molecule has 2 aromatic carbocycles. The Hall–Kier alpha value is -2.47. The Labute approximate surface area is 184 Å². The van der Waals surface area contributed by atoms with Crippen molar-refractivity contribution < 1.29 is 14.3 Å². The lowest BCUT2D eigenvalue weighted by Crippen LogP contribution is -2.50. The first-order chi connectivity index (χ1) is 14.3. The number of hydrogen-bond acceptors (Lipinski definition) is 4. The molecule has 0 aromatic heterocycles. The third-order valence-electron chi connectivity index (χ3n) is 5.04. The lowest BCUT2D eigenvalue weighted by atomic mass is 10.1. The van der Waals surface area contributed by atoms with E-state index in [0.717, 1.165) is 22.6 Å². The number of thioether (sulfide) groups is 1. The first-order valence-electron chi connectivity index (χ1n) is 10.3. The zero-order valence-electron chi connectivity index (χ0n) is 18.5. The highest BCUT2D eigenvalue weighted by Crippen LogP contribution is 2.21. The second-order valence-corrected chi connectivity index (χ2v) is 8.52. The molecule has 5 nitrogen and oxygen atoms in total. The van der Waals surface area contributed by atoms with Crippen molar-refractivity contribution in [1.82, 2.24) is 10.2 Å². The van der Waals surface area contributed by atoms with E-state index in [1.54, 1.807) is 18.9 Å². The zero-order valence-corrected chi connectivity index (χ0v) is 19.3. The molecule has 2 aromatic rings. The van der Waals surface area contributed by atoms with Crippen LogP contribution in [0.25, 0.3) is 0 Å². The van der Waals surface area contributed by atoms with Crippen molar-refractivity contribution in [2.24, 2.45) is 0 Å². The highest BCUT2D eigenvalue weighted by atomic mass is 32.2. The highest BCUT2D eigenvalue weighted by molar-refractivity contribution is 8.00. The normalized spacial score (nSPS) is 12.7. The van der Waals surface area contributed by atoms with Crippen LogP contribution in [0.4, 0.5) is 0 Å². The number of carbonyl (C=O) groups excluding carboxylic acids is 2. The molecule has 2 rings (SSSR count). The summed E-state index contributed by atoms with van der Waals surface area (Å²) in [5, 5.41) is 2.99. The summed E-state index contributed by atoms with van der Waals surface area (Å²) in [4.78, 5) is 28.6. The van der Waals surface area contributed by atoms with Gasteiger partial charge in [-0.3, -0.25) is 9.59 Å². The number of nitrogens with one attached hydrogen (secondary N) is 1. The number of ether oxygens (including phenoxy) is 1. The van der Waals surface area contributed by atoms with Gasteiger partial charge in [0, 0.05) is 17.5 Å². The molecule has 2 amide bonds. The van der Waals surface area contributed by atoms with Crippen LogP contribution >= 0.6 is 11.8 Å². The van der Waals surface area contributed by atoms with Crippen molar-refractivity contribution in [2.75, 3.05) is 12.9 Å². The van der Waals surface area contributed by atoms with Gasteiger partial charge in [0.25, 0.3) is 0 Å². The molecule has 0 radical (unpaired) electrons. The van der Waals surface area contributed by atoms with Crippen LogP contribution < -0.4 is 10.1 Å². The summed E-state index contributed by atoms with van der Waals surface area (Å²) in [6.07, 6.45) is 0.839. The molecule has 0 unspecified atom stereocenters. The van der Waals surface area contributed by atoms with E-state index in [-0.39, 0.29) is 23.6 Å². The molecule has 6 heteroatoms. The molecule has 2 atom stereocenters. The lowest BCUT2D eigenvalue weighted by molar-refractivity contribution is -0.138. The molecule has 0 saturated heterocycles. The molecule has 162 valence electrons. The van der Waals surface area contributed by atoms with Gasteiger partial charge in [-0.05, 0) is 57.0 Å². The van der Waals surface area contributed by atoms with E-state index in [1.165, 1.54) is 17.3 Å². The Morgan fingerprint density at radius 2 is 1.83 bits per heavy atom. The molecule has 30 heavy (non-hydrogen) atoms. The number of methoxy groups -OCH3 is 1. The molecular formula is C24H32N2O3S. The summed E-state index contributed by atoms with van der Waals surface area (Å²) in [6.45, 7) is 8.15. The molecule has 0 aliphatic heterocycles. The monoisotopic (exact) mass is 428 g/mol. The maximum absolute atomic E-state index is 13.1. The van der Waals surface area contributed by atoms with E-state index in [9.17, 15) is 9.59 Å². The second kappa shape index (κ2) is 11.6. The highest BCUT2D eigenvalue weighted by Gasteiger charge is 2.26. The van der Waals surface area contributed by atoms with Gasteiger partial charge in [-0.1, -0.05) is 36.8 Å².